The van der Waals surface area contributed by atoms with Crippen LogP contribution in [0.4, 0.5) is 5.95 Å². The summed E-state index contributed by atoms with van der Waals surface area (Å²) in [5.41, 5.74) is 6.33. The number of anilines is 1. The average molecular weight is 224 g/mol. The molecular formula is C8H6BrN3. The smallest absolute Gasteiger partial charge is 0.221 e. The van der Waals surface area contributed by atoms with Crippen LogP contribution in [0, 0.1) is 0 Å². The van der Waals surface area contributed by atoms with Crippen LogP contribution < -0.4 is 5.73 Å². The molecule has 1 aromatic heterocycles. The maximum absolute atomic E-state index is 5.47. The third-order valence-corrected chi connectivity index (χ3v) is 2.18. The monoisotopic (exact) mass is 223 g/mol. The van der Waals surface area contributed by atoms with Gasteiger partial charge in [0.25, 0.3) is 0 Å². The number of aromatic nitrogens is 2. The number of halogens is 1. The zero-order valence-electron chi connectivity index (χ0n) is 6.16. The van der Waals surface area contributed by atoms with E-state index in [4.69, 9.17) is 5.73 Å². The first-order chi connectivity index (χ1) is 5.77. The fourth-order valence-corrected chi connectivity index (χ4v) is 1.57. The van der Waals surface area contributed by atoms with Crippen molar-refractivity contribution in [3.63, 3.8) is 0 Å². The highest BCUT2D eigenvalue weighted by molar-refractivity contribution is 9.10. The van der Waals surface area contributed by atoms with Gasteiger partial charge in [0.1, 0.15) is 4.60 Å². The number of hydrogen-bond donors (Lipinski definition) is 1. The third kappa shape index (κ3) is 1.14. The summed E-state index contributed by atoms with van der Waals surface area (Å²) in [6, 6.07) is 7.70. The number of nitrogens with two attached hydrogens (primary N) is 1. The Morgan fingerprint density at radius 3 is 2.75 bits per heavy atom. The second-order valence-electron chi connectivity index (χ2n) is 2.39. The third-order valence-electron chi connectivity index (χ3n) is 1.57. The van der Waals surface area contributed by atoms with Crippen molar-refractivity contribution in [3.8, 4) is 0 Å². The van der Waals surface area contributed by atoms with Gasteiger partial charge in [0.2, 0.25) is 5.95 Å². The Morgan fingerprint density at radius 2 is 1.92 bits per heavy atom. The van der Waals surface area contributed by atoms with Crippen LogP contribution in [0.2, 0.25) is 0 Å². The maximum atomic E-state index is 5.47. The minimum atomic E-state index is 0.292. The fourth-order valence-electron chi connectivity index (χ4n) is 1.05. The lowest BCUT2D eigenvalue weighted by atomic mass is 10.2. The molecule has 0 aliphatic heterocycles. The number of rotatable bonds is 0. The summed E-state index contributed by atoms with van der Waals surface area (Å²) < 4.78 is 0.741. The molecule has 0 radical (unpaired) electrons. The molecule has 0 aliphatic rings. The van der Waals surface area contributed by atoms with Gasteiger partial charge in [-0.15, -0.1) is 0 Å². The molecule has 2 N–H and O–H groups in total. The molecule has 0 bridgehead atoms. The van der Waals surface area contributed by atoms with Crippen molar-refractivity contribution in [2.24, 2.45) is 0 Å². The van der Waals surface area contributed by atoms with E-state index in [9.17, 15) is 0 Å². The molecule has 0 unspecified atom stereocenters. The molecule has 0 amide bonds. The van der Waals surface area contributed by atoms with E-state index in [-0.39, 0.29) is 0 Å². The molecule has 4 heteroatoms. The summed E-state index contributed by atoms with van der Waals surface area (Å²) in [4.78, 5) is 8.06. The van der Waals surface area contributed by atoms with Crippen molar-refractivity contribution in [3.05, 3.63) is 28.9 Å². The summed E-state index contributed by atoms with van der Waals surface area (Å²) in [6.07, 6.45) is 0. The van der Waals surface area contributed by atoms with Crippen LogP contribution in [0.5, 0.6) is 0 Å². The standard InChI is InChI=1S/C8H6BrN3/c9-7-5-3-1-2-4-6(5)11-8(10)12-7/h1-4H,(H2,10,11,12). The van der Waals surface area contributed by atoms with E-state index in [0.29, 0.717) is 5.95 Å². The molecule has 12 heavy (non-hydrogen) atoms. The van der Waals surface area contributed by atoms with E-state index in [1.54, 1.807) is 0 Å². The first kappa shape index (κ1) is 7.49. The van der Waals surface area contributed by atoms with Crippen LogP contribution in [0.3, 0.4) is 0 Å². The molecule has 0 spiro atoms. The molecule has 3 nitrogen and oxygen atoms in total. The molecule has 0 atom stereocenters. The van der Waals surface area contributed by atoms with E-state index in [2.05, 4.69) is 25.9 Å². The first-order valence-corrected chi connectivity index (χ1v) is 4.24. The maximum Gasteiger partial charge on any atom is 0.221 e. The number of para-hydroxylation sites is 1. The van der Waals surface area contributed by atoms with E-state index < -0.39 is 0 Å². The van der Waals surface area contributed by atoms with Gasteiger partial charge in [0, 0.05) is 5.39 Å². The van der Waals surface area contributed by atoms with E-state index in [1.165, 1.54) is 0 Å². The van der Waals surface area contributed by atoms with Crippen LogP contribution in [0.1, 0.15) is 0 Å². The van der Waals surface area contributed by atoms with Gasteiger partial charge in [-0.3, -0.25) is 0 Å². The summed E-state index contributed by atoms with van der Waals surface area (Å²) in [6.45, 7) is 0. The molecule has 0 fully saturated rings. The van der Waals surface area contributed by atoms with E-state index in [0.717, 1.165) is 15.5 Å². The minimum Gasteiger partial charge on any atom is -0.368 e. The normalized spacial score (nSPS) is 10.4. The van der Waals surface area contributed by atoms with Crippen molar-refractivity contribution in [1.29, 1.82) is 0 Å². The topological polar surface area (TPSA) is 51.8 Å². The van der Waals surface area contributed by atoms with Crippen molar-refractivity contribution < 1.29 is 0 Å². The molecule has 1 heterocycles. The lowest BCUT2D eigenvalue weighted by molar-refractivity contribution is 1.21. The molecule has 2 aromatic rings. The Labute approximate surface area is 77.8 Å². The summed E-state index contributed by atoms with van der Waals surface area (Å²) in [5.74, 6) is 0.292. The van der Waals surface area contributed by atoms with Crippen molar-refractivity contribution in [2.75, 3.05) is 5.73 Å². The molecule has 0 aliphatic carbocycles. The fraction of sp³-hybridized carbons (Fsp3) is 0. The summed E-state index contributed by atoms with van der Waals surface area (Å²) >= 11 is 3.32. The van der Waals surface area contributed by atoms with Gasteiger partial charge in [0.05, 0.1) is 5.52 Å². The summed E-state index contributed by atoms with van der Waals surface area (Å²) in [5, 5.41) is 0.978. The van der Waals surface area contributed by atoms with Gasteiger partial charge in [0.15, 0.2) is 0 Å². The van der Waals surface area contributed by atoms with Gasteiger partial charge in [-0.2, -0.15) is 0 Å². The van der Waals surface area contributed by atoms with Gasteiger partial charge in [-0.05, 0) is 22.0 Å². The number of benzene rings is 1. The Morgan fingerprint density at radius 1 is 1.17 bits per heavy atom. The molecule has 0 saturated heterocycles. The first-order valence-electron chi connectivity index (χ1n) is 3.45. The van der Waals surface area contributed by atoms with Crippen molar-refractivity contribution in [2.45, 2.75) is 0 Å². The summed E-state index contributed by atoms with van der Waals surface area (Å²) in [7, 11) is 0. The Hall–Kier alpha value is -1.16. The van der Waals surface area contributed by atoms with Crippen LogP contribution in [-0.4, -0.2) is 9.97 Å². The second kappa shape index (κ2) is 2.71. The average Bonchev–Trinajstić information content (AvgIpc) is 2.04. The Balaban J connectivity index is 2.89. The van der Waals surface area contributed by atoms with Crippen LogP contribution in [0.25, 0.3) is 10.9 Å². The lowest BCUT2D eigenvalue weighted by Crippen LogP contribution is -1.95. The van der Waals surface area contributed by atoms with Gasteiger partial charge >= 0.3 is 0 Å². The predicted molar refractivity (Wildman–Crippen MR) is 51.7 cm³/mol. The van der Waals surface area contributed by atoms with Crippen molar-refractivity contribution >= 4 is 32.8 Å². The number of nitrogen functional groups attached to an aromatic ring is 1. The van der Waals surface area contributed by atoms with Crippen molar-refractivity contribution in [1.82, 2.24) is 9.97 Å². The minimum absolute atomic E-state index is 0.292. The highest BCUT2D eigenvalue weighted by atomic mass is 79.9. The molecule has 1 aromatic carbocycles. The van der Waals surface area contributed by atoms with E-state index >= 15 is 0 Å². The number of hydrogen-bond acceptors (Lipinski definition) is 3. The second-order valence-corrected chi connectivity index (χ2v) is 3.14. The molecule has 60 valence electrons. The lowest BCUT2D eigenvalue weighted by Gasteiger charge is -1.99. The predicted octanol–water partition coefficient (Wildman–Crippen LogP) is 1.97. The van der Waals surface area contributed by atoms with Gasteiger partial charge < -0.3 is 5.73 Å². The quantitative estimate of drug-likeness (QED) is 0.696. The number of fused-ring (bicyclic) bond motifs is 1. The zero-order valence-corrected chi connectivity index (χ0v) is 7.75. The largest absolute Gasteiger partial charge is 0.368 e. The molecule has 0 saturated carbocycles. The van der Waals surface area contributed by atoms with Crippen LogP contribution in [0.15, 0.2) is 28.9 Å². The van der Waals surface area contributed by atoms with Crippen LogP contribution in [-0.2, 0) is 0 Å². The van der Waals surface area contributed by atoms with E-state index in [1.807, 2.05) is 24.3 Å². The highest BCUT2D eigenvalue weighted by Crippen LogP contribution is 2.20. The zero-order chi connectivity index (χ0) is 8.55. The van der Waals surface area contributed by atoms with Gasteiger partial charge in [-0.25, -0.2) is 9.97 Å². The Bertz CT molecular complexity index is 428. The molecular weight excluding hydrogens is 218 g/mol. The van der Waals surface area contributed by atoms with Gasteiger partial charge in [-0.1, -0.05) is 18.2 Å². The highest BCUT2D eigenvalue weighted by Gasteiger charge is 2.00. The number of nitrogens with zero attached hydrogens (tertiary/aromatic N) is 2. The Kier molecular flexibility index (Phi) is 1.69. The SMILES string of the molecule is Nc1nc(Br)c2ccccc2n1. The molecule has 2 rings (SSSR count). The van der Waals surface area contributed by atoms with Crippen LogP contribution >= 0.6 is 15.9 Å².